The van der Waals surface area contributed by atoms with Gasteiger partial charge < -0.3 is 19.8 Å². The van der Waals surface area contributed by atoms with Gasteiger partial charge in [0.15, 0.2) is 5.65 Å². The molecule has 2 N–H and O–H groups in total. The minimum atomic E-state index is -2.96. The Kier molecular flexibility index (Phi) is 7.10. The average molecular weight is 544 g/mol. The van der Waals surface area contributed by atoms with Crippen molar-refractivity contribution in [2.75, 3.05) is 13.1 Å². The second kappa shape index (κ2) is 10.5. The van der Waals surface area contributed by atoms with Crippen LogP contribution in [0.5, 0.6) is 5.75 Å². The van der Waals surface area contributed by atoms with Crippen molar-refractivity contribution in [1.82, 2.24) is 24.2 Å². The van der Waals surface area contributed by atoms with Gasteiger partial charge in [0.05, 0.1) is 30.6 Å². The molecule has 0 saturated carbocycles. The fraction of sp³-hybridized carbons (Fsp3) is 0.308. The van der Waals surface area contributed by atoms with Crippen molar-refractivity contribution in [3.63, 3.8) is 0 Å². The SMILES string of the molecule is O=C(c1ccc(OC(F)F)cc1)N1CCC(O)(Cn2cnc3c(cnn3-c3ccc(F)cc3CO)c2=O)CC1. The van der Waals surface area contributed by atoms with E-state index in [2.05, 4.69) is 14.8 Å². The lowest BCUT2D eigenvalue weighted by molar-refractivity contribution is -0.0498. The van der Waals surface area contributed by atoms with E-state index in [4.69, 9.17) is 0 Å². The number of carbonyl (C=O) groups excluding carboxylic acids is 1. The minimum absolute atomic E-state index is 0.0531. The molecule has 10 nitrogen and oxygen atoms in total. The molecule has 3 heterocycles. The first-order valence-corrected chi connectivity index (χ1v) is 12.1. The number of ether oxygens (including phenoxy) is 1. The van der Waals surface area contributed by atoms with Crippen molar-refractivity contribution in [3.05, 3.63) is 82.3 Å². The van der Waals surface area contributed by atoms with Gasteiger partial charge in [0, 0.05) is 24.2 Å². The third-order valence-electron chi connectivity index (χ3n) is 6.77. The molecule has 0 bridgehead atoms. The van der Waals surface area contributed by atoms with E-state index in [-0.39, 0.29) is 60.7 Å². The molecule has 1 fully saturated rings. The lowest BCUT2D eigenvalue weighted by atomic mass is 9.91. The summed E-state index contributed by atoms with van der Waals surface area (Å²) in [6.07, 6.45) is 3.02. The molecule has 0 atom stereocenters. The van der Waals surface area contributed by atoms with E-state index in [9.17, 15) is 33.0 Å². The first-order chi connectivity index (χ1) is 18.7. The number of aromatic nitrogens is 4. The van der Waals surface area contributed by atoms with Crippen LogP contribution in [0.15, 0.2) is 59.8 Å². The lowest BCUT2D eigenvalue weighted by Gasteiger charge is -2.38. The molecular weight excluding hydrogens is 519 g/mol. The number of fused-ring (bicyclic) bond motifs is 1. The Bertz CT molecular complexity index is 1560. The second-order valence-corrected chi connectivity index (χ2v) is 9.32. The summed E-state index contributed by atoms with van der Waals surface area (Å²) < 4.78 is 45.2. The van der Waals surface area contributed by atoms with Crippen LogP contribution >= 0.6 is 0 Å². The Balaban J connectivity index is 1.29. The van der Waals surface area contributed by atoms with Gasteiger partial charge in [-0.3, -0.25) is 14.2 Å². The summed E-state index contributed by atoms with van der Waals surface area (Å²) in [6, 6.07) is 9.20. The summed E-state index contributed by atoms with van der Waals surface area (Å²) in [4.78, 5) is 31.9. The molecule has 5 rings (SSSR count). The van der Waals surface area contributed by atoms with Crippen LogP contribution in [0.25, 0.3) is 16.7 Å². The van der Waals surface area contributed by atoms with Crippen molar-refractivity contribution in [2.24, 2.45) is 0 Å². The highest BCUT2D eigenvalue weighted by Crippen LogP contribution is 2.26. The van der Waals surface area contributed by atoms with Crippen molar-refractivity contribution < 1.29 is 32.9 Å². The predicted molar refractivity (Wildman–Crippen MR) is 132 cm³/mol. The Morgan fingerprint density at radius 3 is 2.51 bits per heavy atom. The van der Waals surface area contributed by atoms with Gasteiger partial charge >= 0.3 is 6.61 Å². The summed E-state index contributed by atoms with van der Waals surface area (Å²) in [5, 5.41) is 25.2. The number of aliphatic hydroxyl groups is 2. The van der Waals surface area contributed by atoms with Gasteiger partial charge in [-0.25, -0.2) is 14.1 Å². The van der Waals surface area contributed by atoms with Crippen LogP contribution in [0.4, 0.5) is 13.2 Å². The average Bonchev–Trinajstić information content (AvgIpc) is 3.35. The van der Waals surface area contributed by atoms with E-state index in [0.29, 0.717) is 11.3 Å². The molecule has 39 heavy (non-hydrogen) atoms. The molecule has 2 aromatic carbocycles. The van der Waals surface area contributed by atoms with Crippen LogP contribution in [-0.2, 0) is 13.2 Å². The molecule has 2 aromatic heterocycles. The Labute approximate surface area is 219 Å². The van der Waals surface area contributed by atoms with Gasteiger partial charge in [-0.2, -0.15) is 13.9 Å². The highest BCUT2D eigenvalue weighted by atomic mass is 19.3. The number of aliphatic hydroxyl groups excluding tert-OH is 1. The molecule has 13 heteroatoms. The summed E-state index contributed by atoms with van der Waals surface area (Å²) in [6.45, 7) is -3.00. The maximum absolute atomic E-state index is 13.6. The molecule has 204 valence electrons. The van der Waals surface area contributed by atoms with E-state index in [0.717, 1.165) is 0 Å². The summed E-state index contributed by atoms with van der Waals surface area (Å²) in [5.41, 5.74) is -0.533. The third kappa shape index (κ3) is 5.36. The molecule has 1 saturated heterocycles. The molecular formula is C26H24F3N5O5. The normalized spacial score (nSPS) is 15.2. The number of likely N-dealkylation sites (tertiary alicyclic amines) is 1. The second-order valence-electron chi connectivity index (χ2n) is 9.32. The molecule has 0 radical (unpaired) electrons. The minimum Gasteiger partial charge on any atom is -0.435 e. The number of halogens is 3. The molecule has 0 spiro atoms. The number of amides is 1. The highest BCUT2D eigenvalue weighted by molar-refractivity contribution is 5.94. The zero-order valence-electron chi connectivity index (χ0n) is 20.5. The standard InChI is InChI=1S/C26H24F3N5O5/c27-18-3-6-21(17(11-18)13-35)34-22-20(12-31-34)24(37)33(15-30-22)14-26(38)7-9-32(10-8-26)23(36)16-1-4-19(5-2-16)39-25(28)29/h1-6,11-12,15,25,35,38H,7-10,13-14H2. The van der Waals surface area contributed by atoms with Crippen molar-refractivity contribution in [3.8, 4) is 11.4 Å². The summed E-state index contributed by atoms with van der Waals surface area (Å²) in [7, 11) is 0. The Morgan fingerprint density at radius 1 is 1.13 bits per heavy atom. The van der Waals surface area contributed by atoms with E-state index >= 15 is 0 Å². The van der Waals surface area contributed by atoms with Gasteiger partial charge in [0.25, 0.3) is 11.5 Å². The van der Waals surface area contributed by atoms with Crippen LogP contribution in [0.1, 0.15) is 28.8 Å². The van der Waals surface area contributed by atoms with E-state index in [1.165, 1.54) is 64.2 Å². The topological polar surface area (TPSA) is 123 Å². The largest absolute Gasteiger partial charge is 0.435 e. The number of hydrogen-bond donors (Lipinski definition) is 2. The highest BCUT2D eigenvalue weighted by Gasteiger charge is 2.35. The van der Waals surface area contributed by atoms with Crippen LogP contribution in [0.3, 0.4) is 0 Å². The summed E-state index contributed by atoms with van der Waals surface area (Å²) in [5.74, 6) is -0.882. The van der Waals surface area contributed by atoms with Crippen LogP contribution in [0.2, 0.25) is 0 Å². The van der Waals surface area contributed by atoms with Crippen molar-refractivity contribution >= 4 is 16.9 Å². The maximum atomic E-state index is 13.6. The number of rotatable bonds is 7. The quantitative estimate of drug-likeness (QED) is 0.367. The number of alkyl halides is 2. The zero-order valence-corrected chi connectivity index (χ0v) is 20.5. The fourth-order valence-corrected chi connectivity index (χ4v) is 4.69. The molecule has 0 aliphatic carbocycles. The van der Waals surface area contributed by atoms with E-state index in [1.807, 2.05) is 0 Å². The Morgan fingerprint density at radius 2 is 1.85 bits per heavy atom. The van der Waals surface area contributed by atoms with E-state index < -0.39 is 30.2 Å². The van der Waals surface area contributed by atoms with E-state index in [1.54, 1.807) is 4.90 Å². The molecule has 1 aliphatic rings. The molecule has 0 unspecified atom stereocenters. The molecule has 1 aliphatic heterocycles. The van der Waals surface area contributed by atoms with Crippen LogP contribution < -0.4 is 10.3 Å². The fourth-order valence-electron chi connectivity index (χ4n) is 4.69. The number of hydrogen-bond acceptors (Lipinski definition) is 7. The molecule has 4 aromatic rings. The summed E-state index contributed by atoms with van der Waals surface area (Å²) >= 11 is 0. The third-order valence-corrected chi connectivity index (χ3v) is 6.77. The number of piperidine rings is 1. The van der Waals surface area contributed by atoms with Gasteiger partial charge in [-0.05, 0) is 55.3 Å². The number of nitrogens with zero attached hydrogens (tertiary/aromatic N) is 5. The monoisotopic (exact) mass is 543 g/mol. The first kappa shape index (κ1) is 26.4. The number of benzene rings is 2. The van der Waals surface area contributed by atoms with Crippen molar-refractivity contribution in [1.29, 1.82) is 0 Å². The first-order valence-electron chi connectivity index (χ1n) is 12.1. The van der Waals surface area contributed by atoms with Crippen LogP contribution in [0, 0.1) is 5.82 Å². The van der Waals surface area contributed by atoms with Gasteiger partial charge in [-0.15, -0.1) is 0 Å². The maximum Gasteiger partial charge on any atom is 0.387 e. The van der Waals surface area contributed by atoms with Crippen LogP contribution in [-0.4, -0.2) is 65.7 Å². The van der Waals surface area contributed by atoms with Gasteiger partial charge in [-0.1, -0.05) is 0 Å². The lowest BCUT2D eigenvalue weighted by Crippen LogP contribution is -2.49. The van der Waals surface area contributed by atoms with Gasteiger partial charge in [0.1, 0.15) is 23.3 Å². The smallest absolute Gasteiger partial charge is 0.387 e. The Hall–Kier alpha value is -4.23. The predicted octanol–water partition coefficient (Wildman–Crippen LogP) is 2.48. The zero-order chi connectivity index (χ0) is 27.7. The van der Waals surface area contributed by atoms with Gasteiger partial charge in [0.2, 0.25) is 0 Å². The number of carbonyl (C=O) groups is 1. The van der Waals surface area contributed by atoms with Crippen molar-refractivity contribution in [2.45, 2.75) is 38.2 Å². The molecule has 1 amide bonds.